The van der Waals surface area contributed by atoms with Crippen molar-refractivity contribution >= 4 is 15.9 Å². The van der Waals surface area contributed by atoms with Crippen LogP contribution in [-0.2, 0) is 6.42 Å². The number of alkyl halides is 1. The van der Waals surface area contributed by atoms with E-state index in [9.17, 15) is 8.78 Å². The number of hydrogen-bond donors (Lipinski definition) is 0. The van der Waals surface area contributed by atoms with Gasteiger partial charge in [0.05, 0.1) is 0 Å². The van der Waals surface area contributed by atoms with Crippen molar-refractivity contribution in [1.29, 1.82) is 0 Å². The molecule has 0 radical (unpaired) electrons. The standard InChI is InChI=1S/C14H12BrF2N/c1-9-4-3-7-18-13(9)8-11(15)10-5-2-6-12(16)14(10)17/h2-7,11H,8H2,1H3. The Morgan fingerprint density at radius 2 is 2.00 bits per heavy atom. The average molecular weight is 312 g/mol. The molecule has 4 heteroatoms. The van der Waals surface area contributed by atoms with Crippen LogP contribution in [0.25, 0.3) is 0 Å². The normalized spacial score (nSPS) is 12.4. The van der Waals surface area contributed by atoms with Crippen molar-refractivity contribution in [2.24, 2.45) is 0 Å². The maximum Gasteiger partial charge on any atom is 0.163 e. The summed E-state index contributed by atoms with van der Waals surface area (Å²) in [4.78, 5) is 3.96. The minimum Gasteiger partial charge on any atom is -0.261 e. The minimum atomic E-state index is -0.824. The number of benzene rings is 1. The molecule has 2 aromatic rings. The Labute approximate surface area is 113 Å². The summed E-state index contributed by atoms with van der Waals surface area (Å²) in [7, 11) is 0. The summed E-state index contributed by atoms with van der Waals surface area (Å²) < 4.78 is 26.8. The number of rotatable bonds is 3. The van der Waals surface area contributed by atoms with Gasteiger partial charge in [-0.25, -0.2) is 8.78 Å². The third-order valence-corrected chi connectivity index (χ3v) is 3.63. The van der Waals surface area contributed by atoms with Crippen molar-refractivity contribution in [2.75, 3.05) is 0 Å². The molecule has 0 fully saturated rings. The highest BCUT2D eigenvalue weighted by molar-refractivity contribution is 9.09. The van der Waals surface area contributed by atoms with Crippen LogP contribution in [0.15, 0.2) is 36.5 Å². The first-order valence-electron chi connectivity index (χ1n) is 5.58. The zero-order chi connectivity index (χ0) is 13.1. The lowest BCUT2D eigenvalue weighted by atomic mass is 10.0. The predicted octanol–water partition coefficient (Wildman–Crippen LogP) is 4.35. The summed E-state index contributed by atoms with van der Waals surface area (Å²) in [5.41, 5.74) is 2.24. The van der Waals surface area contributed by atoms with Gasteiger partial charge in [0.2, 0.25) is 0 Å². The molecule has 1 heterocycles. The van der Waals surface area contributed by atoms with E-state index in [0.717, 1.165) is 17.3 Å². The van der Waals surface area contributed by atoms with Gasteiger partial charge in [-0.1, -0.05) is 34.1 Å². The number of halogens is 3. The lowest BCUT2D eigenvalue weighted by molar-refractivity contribution is 0.498. The molecule has 94 valence electrons. The molecule has 1 unspecified atom stereocenters. The predicted molar refractivity (Wildman–Crippen MR) is 70.7 cm³/mol. The molecular formula is C14H12BrF2N. The second-order valence-electron chi connectivity index (χ2n) is 4.08. The first-order chi connectivity index (χ1) is 8.59. The van der Waals surface area contributed by atoms with Crippen LogP contribution in [0.2, 0.25) is 0 Å². The van der Waals surface area contributed by atoms with Crippen LogP contribution in [0.4, 0.5) is 8.78 Å². The highest BCUT2D eigenvalue weighted by atomic mass is 79.9. The van der Waals surface area contributed by atoms with E-state index in [4.69, 9.17) is 0 Å². The number of pyridine rings is 1. The first-order valence-corrected chi connectivity index (χ1v) is 6.49. The number of aromatic nitrogens is 1. The van der Waals surface area contributed by atoms with Gasteiger partial charge in [-0.05, 0) is 24.6 Å². The number of nitrogens with zero attached hydrogens (tertiary/aromatic N) is 1. The lowest BCUT2D eigenvalue weighted by Gasteiger charge is -2.12. The zero-order valence-corrected chi connectivity index (χ0v) is 11.4. The topological polar surface area (TPSA) is 12.9 Å². The molecule has 18 heavy (non-hydrogen) atoms. The smallest absolute Gasteiger partial charge is 0.163 e. The van der Waals surface area contributed by atoms with Crippen LogP contribution < -0.4 is 0 Å². The van der Waals surface area contributed by atoms with E-state index < -0.39 is 11.6 Å². The van der Waals surface area contributed by atoms with Crippen LogP contribution >= 0.6 is 15.9 Å². The summed E-state index contributed by atoms with van der Waals surface area (Å²) in [6.45, 7) is 1.95. The molecule has 1 nitrogen and oxygen atoms in total. The SMILES string of the molecule is Cc1cccnc1CC(Br)c1cccc(F)c1F. The molecule has 0 N–H and O–H groups in total. The molecular weight excluding hydrogens is 300 g/mol. The molecule has 1 atom stereocenters. The first kappa shape index (κ1) is 13.1. The molecule has 2 rings (SSSR count). The Kier molecular flexibility index (Phi) is 4.07. The summed E-state index contributed by atoms with van der Waals surface area (Å²) in [5, 5.41) is 0. The summed E-state index contributed by atoms with van der Waals surface area (Å²) in [6.07, 6.45) is 2.22. The van der Waals surface area contributed by atoms with Gasteiger partial charge in [0, 0.05) is 28.7 Å². The van der Waals surface area contributed by atoms with Gasteiger partial charge < -0.3 is 0 Å². The molecule has 1 aromatic carbocycles. The van der Waals surface area contributed by atoms with Crippen molar-refractivity contribution < 1.29 is 8.78 Å². The fourth-order valence-corrected chi connectivity index (χ4v) is 2.43. The van der Waals surface area contributed by atoms with Crippen LogP contribution in [0.1, 0.15) is 21.6 Å². The number of hydrogen-bond acceptors (Lipinski definition) is 1. The quantitative estimate of drug-likeness (QED) is 0.768. The Bertz CT molecular complexity index is 557. The van der Waals surface area contributed by atoms with E-state index in [0.29, 0.717) is 12.0 Å². The second kappa shape index (κ2) is 5.57. The molecule has 0 aliphatic carbocycles. The molecule has 0 saturated carbocycles. The molecule has 0 aliphatic heterocycles. The van der Waals surface area contributed by atoms with Crippen LogP contribution in [0.5, 0.6) is 0 Å². The summed E-state index contributed by atoms with van der Waals surface area (Å²) in [5.74, 6) is -1.62. The second-order valence-corrected chi connectivity index (χ2v) is 5.19. The Hall–Kier alpha value is -1.29. The van der Waals surface area contributed by atoms with Crippen molar-refractivity contribution in [1.82, 2.24) is 4.98 Å². The summed E-state index contributed by atoms with van der Waals surface area (Å²) >= 11 is 3.40. The zero-order valence-electron chi connectivity index (χ0n) is 9.83. The molecule has 0 aliphatic rings. The highest BCUT2D eigenvalue weighted by Gasteiger charge is 2.17. The van der Waals surface area contributed by atoms with Crippen molar-refractivity contribution in [3.63, 3.8) is 0 Å². The molecule has 0 amide bonds. The molecule has 0 spiro atoms. The van der Waals surface area contributed by atoms with Crippen LogP contribution in [0, 0.1) is 18.6 Å². The fraction of sp³-hybridized carbons (Fsp3) is 0.214. The third kappa shape index (κ3) is 2.75. The summed E-state index contributed by atoms with van der Waals surface area (Å²) in [6, 6.07) is 8.00. The van der Waals surface area contributed by atoms with Gasteiger partial charge in [0.25, 0.3) is 0 Å². The van der Waals surface area contributed by atoms with Crippen molar-refractivity contribution in [3.8, 4) is 0 Å². The third-order valence-electron chi connectivity index (χ3n) is 2.81. The molecule has 0 saturated heterocycles. The van der Waals surface area contributed by atoms with Gasteiger partial charge in [0.1, 0.15) is 0 Å². The van der Waals surface area contributed by atoms with E-state index in [-0.39, 0.29) is 4.83 Å². The van der Waals surface area contributed by atoms with Gasteiger partial charge >= 0.3 is 0 Å². The van der Waals surface area contributed by atoms with Gasteiger partial charge in [-0.2, -0.15) is 0 Å². The van der Waals surface area contributed by atoms with E-state index >= 15 is 0 Å². The van der Waals surface area contributed by atoms with Gasteiger partial charge in [0.15, 0.2) is 11.6 Å². The van der Waals surface area contributed by atoms with Crippen molar-refractivity contribution in [2.45, 2.75) is 18.2 Å². The van der Waals surface area contributed by atoms with Gasteiger partial charge in [-0.15, -0.1) is 0 Å². The van der Waals surface area contributed by atoms with E-state index in [1.165, 1.54) is 6.07 Å². The Balaban J connectivity index is 2.25. The van der Waals surface area contributed by atoms with Crippen LogP contribution in [-0.4, -0.2) is 4.98 Å². The monoisotopic (exact) mass is 311 g/mol. The van der Waals surface area contributed by atoms with Crippen molar-refractivity contribution in [3.05, 3.63) is 65.0 Å². The Morgan fingerprint density at radius 1 is 1.22 bits per heavy atom. The van der Waals surface area contributed by atoms with Gasteiger partial charge in [-0.3, -0.25) is 4.98 Å². The molecule has 0 bridgehead atoms. The fourth-order valence-electron chi connectivity index (χ4n) is 1.77. The highest BCUT2D eigenvalue weighted by Crippen LogP contribution is 2.30. The number of aryl methyl sites for hydroxylation is 1. The largest absolute Gasteiger partial charge is 0.261 e. The van der Waals surface area contributed by atoms with Crippen LogP contribution in [0.3, 0.4) is 0 Å². The molecule has 1 aromatic heterocycles. The average Bonchev–Trinajstić information content (AvgIpc) is 2.35. The Morgan fingerprint density at radius 3 is 2.72 bits per heavy atom. The van der Waals surface area contributed by atoms with E-state index in [2.05, 4.69) is 20.9 Å². The lowest BCUT2D eigenvalue weighted by Crippen LogP contribution is -2.03. The maximum atomic E-state index is 13.6. The van der Waals surface area contributed by atoms with E-state index in [1.54, 1.807) is 12.3 Å². The minimum absolute atomic E-state index is 0.290. The maximum absolute atomic E-state index is 13.6. The van der Waals surface area contributed by atoms with E-state index in [1.807, 2.05) is 19.1 Å².